The van der Waals surface area contributed by atoms with Gasteiger partial charge in [-0.1, -0.05) is 125 Å². The van der Waals surface area contributed by atoms with Crippen LogP contribution in [0.5, 0.6) is 0 Å². The van der Waals surface area contributed by atoms with Gasteiger partial charge in [-0.25, -0.2) is 17.6 Å². The summed E-state index contributed by atoms with van der Waals surface area (Å²) in [4.78, 5) is 4.06. The summed E-state index contributed by atoms with van der Waals surface area (Å²) < 4.78 is 56.0. The predicted octanol–water partition coefficient (Wildman–Crippen LogP) is 18.1. The van der Waals surface area contributed by atoms with Crippen molar-refractivity contribution >= 4 is 58.4 Å². The van der Waals surface area contributed by atoms with Crippen molar-refractivity contribution in [2.75, 3.05) is 9.80 Å². The fourth-order valence-corrected chi connectivity index (χ4v) is 10.3. The quantitative estimate of drug-likeness (QED) is 0.0996. The van der Waals surface area contributed by atoms with E-state index < -0.39 is 0 Å². The van der Waals surface area contributed by atoms with Crippen molar-refractivity contribution in [3.8, 4) is 22.3 Å². The van der Waals surface area contributed by atoms with Crippen LogP contribution in [0.1, 0.15) is 72.2 Å². The lowest BCUT2D eigenvalue weighted by Gasteiger charge is -2.28. The lowest BCUT2D eigenvalue weighted by Crippen LogP contribution is -2.16. The topological polar surface area (TPSA) is 6.48 Å². The SMILES string of the molecule is CC1(C)c2cc(C=Cc3ccc(C=Cc4ccc5c(c4)C(C)(C)c4cc(N(c6ccc(F)cc6)c6ccc(F)cc6)ccc4-5)cc3)ccc2-c2ccc(N(c3ccc(F)cc3)c3ccc(F)cc3)cc21. The Morgan fingerprint density at radius 1 is 0.271 bits per heavy atom. The molecule has 0 radical (unpaired) electrons. The molecule has 0 aliphatic heterocycles. The molecule has 0 fully saturated rings. The third kappa shape index (κ3) is 8.09. The van der Waals surface area contributed by atoms with Crippen molar-refractivity contribution in [3.63, 3.8) is 0 Å². The Kier molecular flexibility index (Phi) is 11.0. The number of halogens is 4. The van der Waals surface area contributed by atoms with Crippen LogP contribution in [-0.4, -0.2) is 0 Å². The summed E-state index contributed by atoms with van der Waals surface area (Å²) in [5, 5.41) is 0. The Hall–Kier alpha value is -8.22. The Morgan fingerprint density at radius 2 is 0.500 bits per heavy atom. The molecule has 9 aromatic rings. The molecule has 0 heterocycles. The van der Waals surface area contributed by atoms with Gasteiger partial charge in [0.15, 0.2) is 0 Å². The highest BCUT2D eigenvalue weighted by Gasteiger charge is 2.37. The van der Waals surface area contributed by atoms with E-state index in [9.17, 15) is 17.6 Å². The summed E-state index contributed by atoms with van der Waals surface area (Å²) in [7, 11) is 0. The van der Waals surface area contributed by atoms with Gasteiger partial charge in [-0.3, -0.25) is 0 Å². The molecule has 6 heteroatoms. The van der Waals surface area contributed by atoms with Gasteiger partial charge in [0.2, 0.25) is 0 Å². The number of fused-ring (bicyclic) bond motifs is 6. The summed E-state index contributed by atoms with van der Waals surface area (Å²) >= 11 is 0. The second-order valence-corrected chi connectivity index (χ2v) is 19.2. The molecule has 0 saturated carbocycles. The molecule has 0 atom stereocenters. The Morgan fingerprint density at radius 3 is 0.800 bits per heavy atom. The normalized spacial score (nSPS) is 13.8. The summed E-state index contributed by atoms with van der Waals surface area (Å²) in [6.07, 6.45) is 8.62. The summed E-state index contributed by atoms with van der Waals surface area (Å²) in [6, 6.07) is 60.3. The molecule has 0 saturated heterocycles. The first kappa shape index (κ1) is 44.3. The average molecular weight is 921 g/mol. The highest BCUT2D eigenvalue weighted by Crippen LogP contribution is 2.53. The highest BCUT2D eigenvalue weighted by molar-refractivity contribution is 5.89. The van der Waals surface area contributed by atoms with Crippen LogP contribution in [-0.2, 0) is 10.8 Å². The van der Waals surface area contributed by atoms with Gasteiger partial charge in [-0.2, -0.15) is 0 Å². The molecule has 342 valence electrons. The second-order valence-electron chi connectivity index (χ2n) is 19.2. The zero-order valence-corrected chi connectivity index (χ0v) is 39.2. The Bertz CT molecular complexity index is 3170. The fraction of sp³-hybridized carbons (Fsp3) is 0.0938. The molecule has 0 amide bonds. The molecule has 0 unspecified atom stereocenters. The van der Waals surface area contributed by atoms with Gasteiger partial charge in [0.1, 0.15) is 23.3 Å². The first-order valence-electron chi connectivity index (χ1n) is 23.5. The highest BCUT2D eigenvalue weighted by atomic mass is 19.1. The van der Waals surface area contributed by atoms with E-state index in [1.807, 2.05) is 9.80 Å². The van der Waals surface area contributed by atoms with Gasteiger partial charge < -0.3 is 9.80 Å². The third-order valence-corrected chi connectivity index (χ3v) is 14.1. The van der Waals surface area contributed by atoms with Crippen LogP contribution in [0.15, 0.2) is 194 Å². The Balaban J connectivity index is 0.797. The van der Waals surface area contributed by atoms with E-state index >= 15 is 0 Å². The zero-order chi connectivity index (χ0) is 48.3. The minimum atomic E-state index is -0.315. The smallest absolute Gasteiger partial charge is 0.123 e. The van der Waals surface area contributed by atoms with Crippen LogP contribution in [0.3, 0.4) is 0 Å². The van der Waals surface area contributed by atoms with E-state index in [1.165, 1.54) is 93.0 Å². The molecule has 2 aliphatic rings. The molecule has 0 aromatic heterocycles. The van der Waals surface area contributed by atoms with Crippen molar-refractivity contribution < 1.29 is 17.6 Å². The molecule has 0 N–H and O–H groups in total. The Labute approximate surface area is 406 Å². The number of nitrogens with zero attached hydrogens (tertiary/aromatic N) is 2. The minimum Gasteiger partial charge on any atom is -0.310 e. The molecule has 2 aliphatic carbocycles. The first-order chi connectivity index (χ1) is 33.8. The molecule has 0 spiro atoms. The first-order valence-corrected chi connectivity index (χ1v) is 23.5. The van der Waals surface area contributed by atoms with Gasteiger partial charge in [-0.05, 0) is 188 Å². The van der Waals surface area contributed by atoms with E-state index in [0.717, 1.165) is 56.4 Å². The number of rotatable bonds is 10. The van der Waals surface area contributed by atoms with Crippen molar-refractivity contribution in [3.05, 3.63) is 262 Å². The van der Waals surface area contributed by atoms with Crippen molar-refractivity contribution in [2.24, 2.45) is 0 Å². The monoisotopic (exact) mass is 920 g/mol. The van der Waals surface area contributed by atoms with E-state index in [2.05, 4.69) is 149 Å². The maximum Gasteiger partial charge on any atom is 0.123 e. The molecular formula is C64H48F4N2. The van der Waals surface area contributed by atoms with Crippen molar-refractivity contribution in [2.45, 2.75) is 38.5 Å². The van der Waals surface area contributed by atoms with Gasteiger partial charge >= 0.3 is 0 Å². The number of benzene rings is 9. The third-order valence-electron chi connectivity index (χ3n) is 14.1. The van der Waals surface area contributed by atoms with Gasteiger partial charge in [-0.15, -0.1) is 0 Å². The van der Waals surface area contributed by atoms with Gasteiger partial charge in [0.05, 0.1) is 0 Å². The zero-order valence-electron chi connectivity index (χ0n) is 39.2. The average Bonchev–Trinajstić information content (AvgIpc) is 3.73. The van der Waals surface area contributed by atoms with Crippen LogP contribution >= 0.6 is 0 Å². The molecule has 11 rings (SSSR count). The molecular weight excluding hydrogens is 873 g/mol. The maximum atomic E-state index is 14.0. The number of anilines is 6. The molecule has 2 nitrogen and oxygen atoms in total. The van der Waals surface area contributed by atoms with Crippen LogP contribution in [0.4, 0.5) is 51.7 Å². The van der Waals surface area contributed by atoms with Crippen LogP contribution < -0.4 is 9.80 Å². The van der Waals surface area contributed by atoms with Crippen LogP contribution in [0.2, 0.25) is 0 Å². The van der Waals surface area contributed by atoms with E-state index in [0.29, 0.717) is 0 Å². The van der Waals surface area contributed by atoms with Crippen molar-refractivity contribution in [1.82, 2.24) is 0 Å². The maximum absolute atomic E-state index is 14.0. The number of hydrogen-bond acceptors (Lipinski definition) is 2. The van der Waals surface area contributed by atoms with E-state index in [4.69, 9.17) is 0 Å². The van der Waals surface area contributed by atoms with Gasteiger partial charge in [0, 0.05) is 45.0 Å². The van der Waals surface area contributed by atoms with Gasteiger partial charge in [0.25, 0.3) is 0 Å². The predicted molar refractivity (Wildman–Crippen MR) is 282 cm³/mol. The number of hydrogen-bond donors (Lipinski definition) is 0. The molecule has 70 heavy (non-hydrogen) atoms. The van der Waals surface area contributed by atoms with Crippen molar-refractivity contribution in [1.29, 1.82) is 0 Å². The summed E-state index contributed by atoms with van der Waals surface area (Å²) in [5.74, 6) is -1.26. The lowest BCUT2D eigenvalue weighted by atomic mass is 9.81. The standard InChI is InChI=1S/C64H48F4N2/c1-63(2)59-37-43(13-33-55(59)57-35-31-53(39-61(57)63)69(49-23-15-45(65)16-24-49)50-25-17-46(66)18-26-50)11-9-41-5-7-42(8-6-41)10-12-44-14-34-56-58-36-32-54(40-62(58)64(3,4)60(56)38-44)70(51-27-19-47(67)20-28-51)52-29-21-48(68)22-30-52/h5-40H,1-4H3. The fourth-order valence-electron chi connectivity index (χ4n) is 10.3. The minimum absolute atomic E-state index is 0.293. The lowest BCUT2D eigenvalue weighted by molar-refractivity contribution is 0.627. The molecule has 0 bridgehead atoms. The summed E-state index contributed by atoms with van der Waals surface area (Å²) in [5.41, 5.74) is 18.4. The largest absolute Gasteiger partial charge is 0.310 e. The van der Waals surface area contributed by atoms with E-state index in [1.54, 1.807) is 48.5 Å². The second kappa shape index (κ2) is 17.4. The van der Waals surface area contributed by atoms with E-state index in [-0.39, 0.29) is 34.1 Å². The molecule has 9 aromatic carbocycles. The van der Waals surface area contributed by atoms with Crippen LogP contribution in [0, 0.1) is 23.3 Å². The summed E-state index contributed by atoms with van der Waals surface area (Å²) in [6.45, 7) is 9.01. The van der Waals surface area contributed by atoms with Crippen LogP contribution in [0.25, 0.3) is 46.6 Å².